The Labute approximate surface area is 215 Å². The molecule has 2 rings (SSSR count). The molecule has 0 radical (unpaired) electrons. The van der Waals surface area contributed by atoms with Gasteiger partial charge in [0.25, 0.3) is 0 Å². The number of rotatable bonds is 8. The summed E-state index contributed by atoms with van der Waals surface area (Å²) < 4.78 is 27.1. The molecule has 1 atom stereocenters. The monoisotopic (exact) mass is 571 g/mol. The molecule has 0 aliphatic heterocycles. The molecule has 0 saturated heterocycles. The first-order chi connectivity index (χ1) is 15.6. The highest BCUT2D eigenvalue weighted by atomic mass is 79.9. The Hall–Kier alpha value is -2.10. The lowest BCUT2D eigenvalue weighted by atomic mass is 10.1. The molecule has 10 heteroatoms. The van der Waals surface area contributed by atoms with Gasteiger partial charge in [0.2, 0.25) is 21.8 Å². The molecular weight excluding hydrogens is 542 g/mol. The van der Waals surface area contributed by atoms with Gasteiger partial charge in [-0.15, -0.1) is 0 Å². The molecule has 1 N–H and O–H groups in total. The van der Waals surface area contributed by atoms with Crippen LogP contribution in [0.15, 0.2) is 46.9 Å². The highest BCUT2D eigenvalue weighted by Gasteiger charge is 2.31. The van der Waals surface area contributed by atoms with Crippen molar-refractivity contribution in [2.24, 2.45) is 0 Å². The first kappa shape index (κ1) is 28.1. The van der Waals surface area contributed by atoms with Crippen molar-refractivity contribution in [3.8, 4) is 0 Å². The van der Waals surface area contributed by atoms with Gasteiger partial charge in [0.1, 0.15) is 12.6 Å². The fourth-order valence-electron chi connectivity index (χ4n) is 3.19. The van der Waals surface area contributed by atoms with Crippen molar-refractivity contribution in [3.05, 3.63) is 63.1 Å². The van der Waals surface area contributed by atoms with Gasteiger partial charge >= 0.3 is 0 Å². The van der Waals surface area contributed by atoms with E-state index in [2.05, 4.69) is 21.2 Å². The summed E-state index contributed by atoms with van der Waals surface area (Å²) in [7, 11) is -3.81. The Morgan fingerprint density at radius 2 is 1.71 bits per heavy atom. The topological polar surface area (TPSA) is 86.8 Å². The SMILES string of the molecule is Cc1ccc(N(CC(=O)N(Cc2ccc(Br)cc2)[C@H](C)C(=O)NC(C)(C)C)S(C)(=O)=O)cc1Cl. The number of hydrogen-bond donors (Lipinski definition) is 1. The van der Waals surface area contributed by atoms with Crippen LogP contribution >= 0.6 is 27.5 Å². The van der Waals surface area contributed by atoms with Crippen LogP contribution < -0.4 is 9.62 Å². The number of hydrogen-bond acceptors (Lipinski definition) is 4. The molecule has 0 saturated carbocycles. The van der Waals surface area contributed by atoms with Crippen LogP contribution in [0, 0.1) is 6.92 Å². The van der Waals surface area contributed by atoms with Crippen molar-refractivity contribution in [3.63, 3.8) is 0 Å². The van der Waals surface area contributed by atoms with E-state index in [4.69, 9.17) is 11.6 Å². The molecule has 2 aromatic carbocycles. The summed E-state index contributed by atoms with van der Waals surface area (Å²) in [6, 6.07) is 11.3. The number of sulfonamides is 1. The average Bonchev–Trinajstić information content (AvgIpc) is 2.71. The number of aryl methyl sites for hydroxylation is 1. The zero-order chi connectivity index (χ0) is 25.8. The Kier molecular flexibility index (Phi) is 9.18. The molecule has 34 heavy (non-hydrogen) atoms. The highest BCUT2D eigenvalue weighted by molar-refractivity contribution is 9.10. The summed E-state index contributed by atoms with van der Waals surface area (Å²) >= 11 is 9.60. The summed E-state index contributed by atoms with van der Waals surface area (Å²) in [5.74, 6) is -0.844. The second-order valence-corrected chi connectivity index (χ2v) is 12.5. The van der Waals surface area contributed by atoms with Crippen LogP contribution in [0.1, 0.15) is 38.8 Å². The Morgan fingerprint density at radius 1 is 1.12 bits per heavy atom. The van der Waals surface area contributed by atoms with E-state index in [9.17, 15) is 18.0 Å². The van der Waals surface area contributed by atoms with Crippen LogP contribution in [0.25, 0.3) is 0 Å². The third-order valence-electron chi connectivity index (χ3n) is 5.05. The first-order valence-corrected chi connectivity index (χ1v) is 13.7. The van der Waals surface area contributed by atoms with Crippen LogP contribution in [0.5, 0.6) is 0 Å². The van der Waals surface area contributed by atoms with Crippen molar-refractivity contribution in [1.82, 2.24) is 10.2 Å². The van der Waals surface area contributed by atoms with Gasteiger partial charge in [0.05, 0.1) is 11.9 Å². The quantitative estimate of drug-likeness (QED) is 0.504. The third kappa shape index (κ3) is 7.99. The number of carbonyl (C=O) groups excluding carboxylic acids is 2. The minimum Gasteiger partial charge on any atom is -0.350 e. The minimum atomic E-state index is -3.81. The van der Waals surface area contributed by atoms with Crippen molar-refractivity contribution >= 4 is 55.1 Å². The Balaban J connectivity index is 2.41. The van der Waals surface area contributed by atoms with Gasteiger partial charge in [-0.25, -0.2) is 8.42 Å². The predicted octanol–water partition coefficient (Wildman–Crippen LogP) is 4.51. The third-order valence-corrected chi connectivity index (χ3v) is 7.13. The van der Waals surface area contributed by atoms with E-state index in [0.29, 0.717) is 5.02 Å². The molecule has 0 aromatic heterocycles. The van der Waals surface area contributed by atoms with Gasteiger partial charge in [-0.2, -0.15) is 0 Å². The molecule has 186 valence electrons. The lowest BCUT2D eigenvalue weighted by Gasteiger charge is -2.33. The van der Waals surface area contributed by atoms with E-state index >= 15 is 0 Å². The van der Waals surface area contributed by atoms with Crippen LogP contribution in [0.3, 0.4) is 0 Å². The zero-order valence-electron chi connectivity index (χ0n) is 20.2. The van der Waals surface area contributed by atoms with Gasteiger partial charge < -0.3 is 10.2 Å². The second-order valence-electron chi connectivity index (χ2n) is 9.27. The molecule has 0 spiro atoms. The maximum Gasteiger partial charge on any atom is 0.244 e. The number of benzene rings is 2. The minimum absolute atomic E-state index is 0.136. The molecule has 0 bridgehead atoms. The van der Waals surface area contributed by atoms with Crippen LogP contribution in [0.4, 0.5) is 5.69 Å². The fourth-order valence-corrected chi connectivity index (χ4v) is 4.47. The van der Waals surface area contributed by atoms with Crippen LogP contribution in [-0.4, -0.2) is 49.5 Å². The maximum absolute atomic E-state index is 13.5. The summed E-state index contributed by atoms with van der Waals surface area (Å²) in [6.45, 7) is 8.66. The molecule has 0 heterocycles. The summed E-state index contributed by atoms with van der Waals surface area (Å²) in [5, 5.41) is 3.28. The molecule has 2 aromatic rings. The van der Waals surface area contributed by atoms with E-state index < -0.39 is 34.1 Å². The number of carbonyl (C=O) groups is 2. The van der Waals surface area contributed by atoms with Gasteiger partial charge in [0.15, 0.2) is 0 Å². The second kappa shape index (κ2) is 11.1. The smallest absolute Gasteiger partial charge is 0.244 e. The number of anilines is 1. The lowest BCUT2D eigenvalue weighted by molar-refractivity contribution is -0.140. The van der Waals surface area contributed by atoms with Crippen molar-refractivity contribution in [2.45, 2.75) is 52.7 Å². The van der Waals surface area contributed by atoms with Crippen molar-refractivity contribution in [1.29, 1.82) is 0 Å². The Bertz CT molecular complexity index is 1150. The van der Waals surface area contributed by atoms with Gasteiger partial charge in [0, 0.05) is 21.6 Å². The van der Waals surface area contributed by atoms with Crippen LogP contribution in [-0.2, 0) is 26.2 Å². The molecule has 0 aliphatic rings. The predicted molar refractivity (Wildman–Crippen MR) is 140 cm³/mol. The summed E-state index contributed by atoms with van der Waals surface area (Å²) in [5.41, 5.74) is 1.38. The van der Waals surface area contributed by atoms with E-state index in [1.54, 1.807) is 26.0 Å². The highest BCUT2D eigenvalue weighted by Crippen LogP contribution is 2.25. The average molecular weight is 573 g/mol. The first-order valence-electron chi connectivity index (χ1n) is 10.7. The van der Waals surface area contributed by atoms with Gasteiger partial charge in [-0.3, -0.25) is 13.9 Å². The molecular formula is C24H31BrClN3O4S. The van der Waals surface area contributed by atoms with E-state index in [1.807, 2.05) is 45.0 Å². The molecule has 0 aliphatic carbocycles. The number of amides is 2. The molecule has 0 fully saturated rings. The van der Waals surface area contributed by atoms with Crippen molar-refractivity contribution in [2.75, 3.05) is 17.1 Å². The summed E-state index contributed by atoms with van der Waals surface area (Å²) in [4.78, 5) is 27.8. The molecule has 0 unspecified atom stereocenters. The largest absolute Gasteiger partial charge is 0.350 e. The van der Waals surface area contributed by atoms with E-state index in [0.717, 1.165) is 26.2 Å². The maximum atomic E-state index is 13.5. The van der Waals surface area contributed by atoms with Crippen molar-refractivity contribution < 1.29 is 18.0 Å². The van der Waals surface area contributed by atoms with Gasteiger partial charge in [-0.1, -0.05) is 45.7 Å². The number of nitrogens with one attached hydrogen (secondary N) is 1. The number of halogens is 2. The van der Waals surface area contributed by atoms with E-state index in [-0.39, 0.29) is 18.1 Å². The Morgan fingerprint density at radius 3 is 2.21 bits per heavy atom. The number of nitrogens with zero attached hydrogens (tertiary/aromatic N) is 2. The zero-order valence-corrected chi connectivity index (χ0v) is 23.4. The fraction of sp³-hybridized carbons (Fsp3) is 0.417. The standard InChI is InChI=1S/C24H31BrClN3O4S/c1-16-7-12-20(13-21(16)26)29(34(6,32)33)15-22(30)28(14-18-8-10-19(25)11-9-18)17(2)23(31)27-24(3,4)5/h7-13,17H,14-15H2,1-6H3,(H,27,31)/t17-/m1/s1. The molecule has 7 nitrogen and oxygen atoms in total. The normalized spacial score (nSPS) is 12.7. The molecule has 2 amide bonds. The van der Waals surface area contributed by atoms with E-state index in [1.165, 1.54) is 11.0 Å². The van der Waals surface area contributed by atoms with Crippen LogP contribution in [0.2, 0.25) is 5.02 Å². The summed E-state index contributed by atoms with van der Waals surface area (Å²) in [6.07, 6.45) is 1.03. The lowest BCUT2D eigenvalue weighted by Crippen LogP contribution is -2.54. The van der Waals surface area contributed by atoms with Gasteiger partial charge in [-0.05, 0) is 70.0 Å².